The number of aromatic amines is 1. The van der Waals surface area contributed by atoms with Gasteiger partial charge in [0, 0.05) is 12.8 Å². The van der Waals surface area contributed by atoms with Crippen molar-refractivity contribution < 1.29 is 40.3 Å². The normalized spacial score (nSPS) is 17.9. The zero-order valence-electron chi connectivity index (χ0n) is 22.3. The molecule has 0 bridgehead atoms. The number of aromatic nitrogens is 4. The van der Waals surface area contributed by atoms with E-state index in [0.29, 0.717) is 11.6 Å². The number of carbonyl (C=O) groups excluding carboxylic acids is 1. The van der Waals surface area contributed by atoms with Crippen LogP contribution in [0.25, 0.3) is 0 Å². The summed E-state index contributed by atoms with van der Waals surface area (Å²) in [5.74, 6) is -6.00. The average Bonchev–Trinajstić information content (AvgIpc) is 3.60. The van der Waals surface area contributed by atoms with E-state index in [4.69, 9.17) is 4.74 Å². The zero-order chi connectivity index (χ0) is 31.0. The molecule has 1 aliphatic heterocycles. The number of likely N-dealkylation sites (tertiary alicyclic amines) is 1. The molecule has 2 amide bonds. The Morgan fingerprint density at radius 2 is 1.77 bits per heavy atom. The Bertz CT molecular complexity index is 1600. The fourth-order valence-corrected chi connectivity index (χ4v) is 5.21. The summed E-state index contributed by atoms with van der Waals surface area (Å²) >= 11 is 0. The number of urea groups is 1. The van der Waals surface area contributed by atoms with Crippen molar-refractivity contribution in [2.24, 2.45) is 0 Å². The number of nitrogens with one attached hydrogen (secondary N) is 2. The van der Waals surface area contributed by atoms with Gasteiger partial charge in [-0.05, 0) is 47.0 Å². The molecule has 0 radical (unpaired) electrons. The predicted octanol–water partition coefficient (Wildman–Crippen LogP) is 5.78. The predicted molar refractivity (Wildman–Crippen MR) is 137 cm³/mol. The third-order valence-corrected chi connectivity index (χ3v) is 7.18. The van der Waals surface area contributed by atoms with Gasteiger partial charge in [-0.1, -0.05) is 41.6 Å². The largest absolute Gasteiger partial charge is 0.494 e. The number of halogens is 7. The summed E-state index contributed by atoms with van der Waals surface area (Å²) in [6.07, 6.45) is -6.14. The van der Waals surface area contributed by atoms with Crippen LogP contribution in [0.15, 0.2) is 66.7 Å². The Kier molecular flexibility index (Phi) is 7.75. The highest BCUT2D eigenvalue weighted by Crippen LogP contribution is 2.43. The lowest BCUT2D eigenvalue weighted by molar-refractivity contribution is -0.137. The molecule has 4 aromatic rings. The Balaban J connectivity index is 1.73. The fourth-order valence-electron chi connectivity index (χ4n) is 5.21. The molecule has 0 aliphatic carbocycles. The van der Waals surface area contributed by atoms with E-state index in [0.717, 1.165) is 30.2 Å². The first-order valence-electron chi connectivity index (χ1n) is 12.8. The van der Waals surface area contributed by atoms with Crippen molar-refractivity contribution in [3.8, 4) is 5.75 Å². The van der Waals surface area contributed by atoms with E-state index >= 15 is 0 Å². The standard InChI is InChI=1S/C28H23F7N6O2/c1-43-23-12-17(7-8-21(23)30)27(13-16-5-3-2-4-6-16,18-9-19(28(33,34)35)11-20(29)10-18)36-25(42)41-15-26(31,32)14-22(41)24-37-39-40-38-24/h2-12,22H,13-15H2,1H3,(H,36,42)(H,37,38,39,40)/t22-,27+/m0/s1. The minimum atomic E-state index is -4.99. The van der Waals surface area contributed by atoms with Crippen molar-refractivity contribution >= 4 is 6.03 Å². The van der Waals surface area contributed by atoms with Crippen LogP contribution < -0.4 is 10.1 Å². The molecule has 1 saturated heterocycles. The highest BCUT2D eigenvalue weighted by molar-refractivity contribution is 5.77. The molecular formula is C28H23F7N6O2. The number of hydrogen-bond donors (Lipinski definition) is 2. The molecule has 0 unspecified atom stereocenters. The van der Waals surface area contributed by atoms with Gasteiger partial charge < -0.3 is 15.0 Å². The molecule has 2 N–H and O–H groups in total. The highest BCUT2D eigenvalue weighted by atomic mass is 19.4. The molecule has 8 nitrogen and oxygen atoms in total. The van der Waals surface area contributed by atoms with E-state index in [1.54, 1.807) is 30.3 Å². The van der Waals surface area contributed by atoms with Crippen LogP contribution >= 0.6 is 0 Å². The monoisotopic (exact) mass is 608 g/mol. The third-order valence-electron chi connectivity index (χ3n) is 7.18. The lowest BCUT2D eigenvalue weighted by atomic mass is 9.77. The summed E-state index contributed by atoms with van der Waals surface area (Å²) in [5, 5.41) is 15.6. The van der Waals surface area contributed by atoms with Crippen LogP contribution in [0.5, 0.6) is 5.75 Å². The van der Waals surface area contributed by atoms with Gasteiger partial charge in [0.15, 0.2) is 17.4 Å². The molecule has 43 heavy (non-hydrogen) atoms. The van der Waals surface area contributed by atoms with Crippen LogP contribution in [0.2, 0.25) is 0 Å². The number of alkyl halides is 5. The number of rotatable bonds is 7. The fraction of sp³-hybridized carbons (Fsp3) is 0.286. The SMILES string of the molecule is COc1cc([C@@](Cc2ccccc2)(NC(=O)N2CC(F)(F)C[C@H]2c2nn[nH]n2)c2cc(F)cc(C(F)(F)F)c2)ccc1F. The van der Waals surface area contributed by atoms with Gasteiger partial charge in [-0.15, -0.1) is 10.2 Å². The first kappa shape index (κ1) is 29.8. The van der Waals surface area contributed by atoms with Crippen molar-refractivity contribution in [3.05, 3.63) is 106 Å². The molecule has 15 heteroatoms. The molecule has 1 fully saturated rings. The summed E-state index contributed by atoms with van der Waals surface area (Å²) < 4.78 is 106. The molecule has 1 aromatic heterocycles. The van der Waals surface area contributed by atoms with Gasteiger partial charge in [-0.2, -0.15) is 18.4 Å². The second kappa shape index (κ2) is 11.2. The molecule has 2 heterocycles. The summed E-state index contributed by atoms with van der Waals surface area (Å²) in [6.45, 7) is -1.08. The van der Waals surface area contributed by atoms with Crippen LogP contribution in [-0.4, -0.2) is 51.1 Å². The number of benzene rings is 3. The minimum absolute atomic E-state index is 0.0104. The van der Waals surface area contributed by atoms with Crippen molar-refractivity contribution in [3.63, 3.8) is 0 Å². The molecular weight excluding hydrogens is 585 g/mol. The summed E-state index contributed by atoms with van der Waals surface area (Å²) in [6, 6.07) is 10.7. The molecule has 3 aromatic carbocycles. The maximum Gasteiger partial charge on any atom is 0.416 e. The van der Waals surface area contributed by atoms with Crippen molar-refractivity contribution in [2.75, 3.05) is 13.7 Å². The van der Waals surface area contributed by atoms with Gasteiger partial charge in [0.25, 0.3) is 5.92 Å². The van der Waals surface area contributed by atoms with E-state index in [1.165, 1.54) is 6.07 Å². The van der Waals surface area contributed by atoms with Crippen LogP contribution in [-0.2, 0) is 18.1 Å². The van der Waals surface area contributed by atoms with E-state index < -0.39 is 59.9 Å². The first-order valence-corrected chi connectivity index (χ1v) is 12.8. The van der Waals surface area contributed by atoms with Crippen LogP contribution in [0.4, 0.5) is 35.5 Å². The number of ether oxygens (including phenoxy) is 1. The van der Waals surface area contributed by atoms with Crippen molar-refractivity contribution in [1.29, 1.82) is 0 Å². The van der Waals surface area contributed by atoms with Gasteiger partial charge in [0.1, 0.15) is 11.9 Å². The number of methoxy groups -OCH3 is 1. The lowest BCUT2D eigenvalue weighted by Gasteiger charge is -2.39. The molecule has 5 rings (SSSR count). The Hall–Kier alpha value is -4.69. The number of tetrazole rings is 1. The molecule has 1 aliphatic rings. The Labute approximate surface area is 239 Å². The van der Waals surface area contributed by atoms with Gasteiger partial charge in [-0.25, -0.2) is 22.4 Å². The third kappa shape index (κ3) is 6.10. The van der Waals surface area contributed by atoms with Crippen molar-refractivity contribution in [2.45, 2.75) is 36.5 Å². The number of H-pyrrole nitrogens is 1. The van der Waals surface area contributed by atoms with Gasteiger partial charge in [0.05, 0.1) is 24.8 Å². The first-order chi connectivity index (χ1) is 20.3. The van der Waals surface area contributed by atoms with E-state index in [1.807, 2.05) is 0 Å². The minimum Gasteiger partial charge on any atom is -0.494 e. The number of amides is 2. The Morgan fingerprint density at radius 1 is 1.05 bits per heavy atom. The van der Waals surface area contributed by atoms with Crippen LogP contribution in [0.3, 0.4) is 0 Å². The highest BCUT2D eigenvalue weighted by Gasteiger charge is 2.51. The Morgan fingerprint density at radius 3 is 2.42 bits per heavy atom. The van der Waals surface area contributed by atoms with Gasteiger partial charge >= 0.3 is 12.2 Å². The topological polar surface area (TPSA) is 96.0 Å². The molecule has 2 atom stereocenters. The second-order valence-corrected chi connectivity index (χ2v) is 10.0. The molecule has 0 spiro atoms. The smallest absolute Gasteiger partial charge is 0.416 e. The van der Waals surface area contributed by atoms with E-state index in [2.05, 4.69) is 25.9 Å². The molecule has 226 valence electrons. The second-order valence-electron chi connectivity index (χ2n) is 10.0. The number of hydrogen-bond acceptors (Lipinski definition) is 5. The summed E-state index contributed by atoms with van der Waals surface area (Å²) in [4.78, 5) is 14.7. The summed E-state index contributed by atoms with van der Waals surface area (Å²) in [5.41, 5.74) is -3.36. The summed E-state index contributed by atoms with van der Waals surface area (Å²) in [7, 11) is 1.16. The van der Waals surface area contributed by atoms with E-state index in [-0.39, 0.29) is 35.2 Å². The van der Waals surface area contributed by atoms with Crippen LogP contribution in [0.1, 0.15) is 40.5 Å². The maximum atomic E-state index is 14.9. The van der Waals surface area contributed by atoms with E-state index in [9.17, 15) is 35.5 Å². The molecule has 0 saturated carbocycles. The maximum absolute atomic E-state index is 14.9. The van der Waals surface area contributed by atoms with Gasteiger partial charge in [0.2, 0.25) is 0 Å². The van der Waals surface area contributed by atoms with Crippen molar-refractivity contribution in [1.82, 2.24) is 30.8 Å². The zero-order valence-corrected chi connectivity index (χ0v) is 22.3. The quantitative estimate of drug-likeness (QED) is 0.259. The lowest BCUT2D eigenvalue weighted by Crippen LogP contribution is -2.53. The van der Waals surface area contributed by atoms with Gasteiger partial charge in [-0.3, -0.25) is 0 Å². The average molecular weight is 609 g/mol. The van der Waals surface area contributed by atoms with Crippen LogP contribution in [0, 0.1) is 11.6 Å². The number of carbonyl (C=O) groups is 1. The number of nitrogens with zero attached hydrogens (tertiary/aromatic N) is 4.